The third-order valence-corrected chi connectivity index (χ3v) is 5.73. The number of fused-ring (bicyclic) bond motifs is 2. The lowest BCUT2D eigenvalue weighted by Gasteiger charge is -2.50. The van der Waals surface area contributed by atoms with Crippen LogP contribution in [-0.2, 0) is 14.3 Å². The molecule has 1 fully saturated rings. The van der Waals surface area contributed by atoms with E-state index in [1.807, 2.05) is 0 Å². The van der Waals surface area contributed by atoms with Crippen LogP contribution in [0.4, 0.5) is 0 Å². The van der Waals surface area contributed by atoms with Gasteiger partial charge in [0.25, 0.3) is 0 Å². The van der Waals surface area contributed by atoms with E-state index in [9.17, 15) is 14.4 Å². The Kier molecular flexibility index (Phi) is 5.07. The van der Waals surface area contributed by atoms with Crippen molar-refractivity contribution in [1.82, 2.24) is 0 Å². The first-order chi connectivity index (χ1) is 13.4. The molecule has 2 bridgehead atoms. The number of hydrogen-bond acceptors (Lipinski definition) is 4. The highest BCUT2D eigenvalue weighted by atomic mass is 16.5. The highest BCUT2D eigenvalue weighted by Crippen LogP contribution is 2.58. The summed E-state index contributed by atoms with van der Waals surface area (Å²) in [5.41, 5.74) is -1.57. The number of allylic oxidation sites excluding steroid dienone is 5. The maximum absolute atomic E-state index is 13.9. The van der Waals surface area contributed by atoms with Gasteiger partial charge in [-0.1, -0.05) is 54.6 Å². The van der Waals surface area contributed by atoms with E-state index in [0.29, 0.717) is 28.9 Å². The van der Waals surface area contributed by atoms with Crippen molar-refractivity contribution in [1.29, 1.82) is 0 Å². The van der Waals surface area contributed by atoms with Crippen molar-refractivity contribution < 1.29 is 19.1 Å². The fraction of sp³-hybridized carbons (Fsp3) is 0.292. The van der Waals surface area contributed by atoms with E-state index in [1.54, 1.807) is 42.5 Å². The highest BCUT2D eigenvalue weighted by molar-refractivity contribution is 6.36. The normalized spacial score (nSPS) is 26.8. The molecule has 2 aliphatic rings. The molecular formula is C24H24O4. The van der Waals surface area contributed by atoms with Crippen molar-refractivity contribution in [2.45, 2.75) is 25.7 Å². The minimum Gasteiger partial charge on any atom is -0.500 e. The van der Waals surface area contributed by atoms with Crippen molar-refractivity contribution in [3.05, 3.63) is 84.7 Å². The van der Waals surface area contributed by atoms with Gasteiger partial charge >= 0.3 is 0 Å². The summed E-state index contributed by atoms with van der Waals surface area (Å²) in [4.78, 5) is 41.1. The van der Waals surface area contributed by atoms with Gasteiger partial charge in [0.2, 0.25) is 0 Å². The number of Topliss-reactive ketones (excluding diaryl/α,β-unsaturated/α-hetero) is 3. The zero-order valence-electron chi connectivity index (χ0n) is 16.1. The average Bonchev–Trinajstić information content (AvgIpc) is 2.69. The summed E-state index contributed by atoms with van der Waals surface area (Å²) in [5, 5.41) is 0. The first-order valence-electron chi connectivity index (χ1n) is 9.24. The molecule has 4 heteroatoms. The van der Waals surface area contributed by atoms with E-state index in [2.05, 4.69) is 19.7 Å². The van der Waals surface area contributed by atoms with Crippen LogP contribution in [0, 0.1) is 10.8 Å². The number of ether oxygens (including phenoxy) is 1. The second kappa shape index (κ2) is 7.19. The van der Waals surface area contributed by atoms with E-state index in [1.165, 1.54) is 7.11 Å². The molecule has 0 amide bonds. The summed E-state index contributed by atoms with van der Waals surface area (Å²) in [5.74, 6) is -1.06. The topological polar surface area (TPSA) is 60.4 Å². The predicted molar refractivity (Wildman–Crippen MR) is 108 cm³/mol. The summed E-state index contributed by atoms with van der Waals surface area (Å²) < 4.78 is 5.61. The molecule has 0 radical (unpaired) electrons. The Hall–Kier alpha value is -3.01. The van der Waals surface area contributed by atoms with Gasteiger partial charge in [0.1, 0.15) is 5.76 Å². The molecule has 3 rings (SSSR count). The van der Waals surface area contributed by atoms with Crippen molar-refractivity contribution in [3.63, 3.8) is 0 Å². The first kappa shape index (κ1) is 19.7. The molecule has 0 heterocycles. The molecular weight excluding hydrogens is 352 g/mol. The van der Waals surface area contributed by atoms with Gasteiger partial charge in [-0.15, -0.1) is 13.2 Å². The van der Waals surface area contributed by atoms with E-state index < -0.39 is 28.2 Å². The van der Waals surface area contributed by atoms with Gasteiger partial charge < -0.3 is 4.74 Å². The number of rotatable bonds is 7. The lowest BCUT2D eigenvalue weighted by molar-refractivity contribution is -0.147. The van der Waals surface area contributed by atoms with Crippen LogP contribution in [0.5, 0.6) is 0 Å². The minimum absolute atomic E-state index is 0.0227. The molecule has 2 atom stereocenters. The van der Waals surface area contributed by atoms with Crippen LogP contribution in [0.1, 0.15) is 36.0 Å². The number of hydrogen-bond donors (Lipinski definition) is 0. The van der Waals surface area contributed by atoms with Crippen LogP contribution in [0.2, 0.25) is 0 Å². The third kappa shape index (κ3) is 2.55. The van der Waals surface area contributed by atoms with Crippen molar-refractivity contribution in [3.8, 4) is 0 Å². The monoisotopic (exact) mass is 376 g/mol. The summed E-state index contributed by atoms with van der Waals surface area (Å²) >= 11 is 0. The Balaban J connectivity index is 2.35. The van der Waals surface area contributed by atoms with Crippen LogP contribution in [0.15, 0.2) is 79.1 Å². The van der Waals surface area contributed by atoms with E-state index in [0.717, 1.165) is 0 Å². The first-order valence-corrected chi connectivity index (χ1v) is 9.24. The number of ketones is 3. The Bertz CT molecular complexity index is 921. The molecule has 1 saturated carbocycles. The average molecular weight is 376 g/mol. The third-order valence-electron chi connectivity index (χ3n) is 5.73. The van der Waals surface area contributed by atoms with Gasteiger partial charge in [-0.3, -0.25) is 14.4 Å². The van der Waals surface area contributed by atoms with Gasteiger partial charge in [0, 0.05) is 11.1 Å². The molecule has 4 nitrogen and oxygen atoms in total. The highest BCUT2D eigenvalue weighted by Gasteiger charge is 2.67. The molecule has 0 unspecified atom stereocenters. The van der Waals surface area contributed by atoms with Crippen LogP contribution in [-0.4, -0.2) is 24.5 Å². The lowest BCUT2D eigenvalue weighted by atomic mass is 9.49. The molecule has 0 saturated heterocycles. The molecule has 0 N–H and O–H groups in total. The van der Waals surface area contributed by atoms with Crippen LogP contribution >= 0.6 is 0 Å². The van der Waals surface area contributed by atoms with Gasteiger partial charge in [0.05, 0.1) is 12.5 Å². The van der Waals surface area contributed by atoms with Gasteiger partial charge in [-0.05, 0) is 25.7 Å². The Labute approximate surface area is 165 Å². The van der Waals surface area contributed by atoms with Crippen LogP contribution < -0.4 is 0 Å². The lowest BCUT2D eigenvalue weighted by Crippen LogP contribution is -2.61. The largest absolute Gasteiger partial charge is 0.500 e. The summed E-state index contributed by atoms with van der Waals surface area (Å²) in [6, 6.07) is 8.49. The second-order valence-electron chi connectivity index (χ2n) is 7.44. The standard InChI is InChI=1S/C24H24O4/c1-5-10-18-20(26)24(19(25)17-11-8-7-9-12-17)15-16(3)14-23(13-6-2,22(24)27)21(18)28-4/h5-9,11-12H,1-3,10,13-15H2,4H3/t23-,24+/m0/s1. The van der Waals surface area contributed by atoms with E-state index in [4.69, 9.17) is 4.74 Å². The zero-order chi connectivity index (χ0) is 20.5. The quantitative estimate of drug-likeness (QED) is 0.402. The molecule has 2 aliphatic carbocycles. The minimum atomic E-state index is -1.81. The summed E-state index contributed by atoms with van der Waals surface area (Å²) in [7, 11) is 1.45. The molecule has 0 spiro atoms. The van der Waals surface area contributed by atoms with Crippen LogP contribution in [0.3, 0.4) is 0 Å². The molecule has 0 aromatic heterocycles. The van der Waals surface area contributed by atoms with E-state index >= 15 is 0 Å². The molecule has 144 valence electrons. The smallest absolute Gasteiger partial charge is 0.184 e. The molecule has 1 aromatic carbocycles. The number of methoxy groups -OCH3 is 1. The molecule has 28 heavy (non-hydrogen) atoms. The van der Waals surface area contributed by atoms with Crippen molar-refractivity contribution in [2.24, 2.45) is 10.8 Å². The van der Waals surface area contributed by atoms with Crippen molar-refractivity contribution >= 4 is 17.3 Å². The maximum atomic E-state index is 13.9. The fourth-order valence-electron chi connectivity index (χ4n) is 4.72. The zero-order valence-corrected chi connectivity index (χ0v) is 16.1. The van der Waals surface area contributed by atoms with E-state index in [-0.39, 0.29) is 19.3 Å². The number of carbonyl (C=O) groups is 3. The SMILES string of the molecule is C=CCC1=C(OC)[C@]2(CC=C)CC(=C)C[C@@](C(=O)c3ccccc3)(C1=O)C2=O. The second-order valence-corrected chi connectivity index (χ2v) is 7.44. The van der Waals surface area contributed by atoms with Gasteiger partial charge in [0.15, 0.2) is 22.8 Å². The fourth-order valence-corrected chi connectivity index (χ4v) is 4.72. The molecule has 1 aromatic rings. The Morgan fingerprint density at radius 3 is 2.39 bits per heavy atom. The van der Waals surface area contributed by atoms with Crippen LogP contribution in [0.25, 0.3) is 0 Å². The van der Waals surface area contributed by atoms with Gasteiger partial charge in [-0.25, -0.2) is 0 Å². The van der Waals surface area contributed by atoms with Gasteiger partial charge in [-0.2, -0.15) is 0 Å². The van der Waals surface area contributed by atoms with Crippen molar-refractivity contribution in [2.75, 3.05) is 7.11 Å². The Morgan fingerprint density at radius 1 is 1.14 bits per heavy atom. The maximum Gasteiger partial charge on any atom is 0.184 e. The summed E-state index contributed by atoms with van der Waals surface area (Å²) in [6.45, 7) is 11.6. The molecule has 0 aliphatic heterocycles. The number of benzene rings is 1. The summed E-state index contributed by atoms with van der Waals surface area (Å²) in [6.07, 6.45) is 4.08. The number of carbonyl (C=O) groups excluding carboxylic acids is 3. The predicted octanol–water partition coefficient (Wildman–Crippen LogP) is 4.40. The Morgan fingerprint density at radius 2 is 1.82 bits per heavy atom.